The summed E-state index contributed by atoms with van der Waals surface area (Å²) in [6.45, 7) is -1.27. The smallest absolute Gasteiger partial charge is 0.323 e. The van der Waals surface area contributed by atoms with Gasteiger partial charge in [0.15, 0.2) is 0 Å². The third-order valence-corrected chi connectivity index (χ3v) is 12.9. The highest BCUT2D eigenvalue weighted by Crippen LogP contribution is 2.52. The van der Waals surface area contributed by atoms with Gasteiger partial charge in [-0.05, 0) is 95.5 Å². The minimum Gasteiger partial charge on any atom is -0.480 e. The number of fused-ring (bicyclic) bond motifs is 3. The molecule has 3 aromatic carbocycles. The number of rotatable bonds is 9. The summed E-state index contributed by atoms with van der Waals surface area (Å²) in [5.74, 6) is -2.81. The maximum atomic E-state index is 13.6. The number of thiocarbonyl (C=S) groups is 1. The lowest BCUT2D eigenvalue weighted by atomic mass is 9.92. The summed E-state index contributed by atoms with van der Waals surface area (Å²) in [5, 5.41) is 18.9. The predicted octanol–water partition coefficient (Wildman–Crippen LogP) is 6.48. The molecule has 1 aromatic heterocycles. The molecule has 2 fully saturated rings. The van der Waals surface area contributed by atoms with E-state index >= 15 is 0 Å². The van der Waals surface area contributed by atoms with Crippen LogP contribution in [0.3, 0.4) is 0 Å². The maximum absolute atomic E-state index is 13.6. The fraction of sp³-hybridized carbons (Fsp3) is 0.214. The number of amides is 1. The number of benzene rings is 3. The van der Waals surface area contributed by atoms with E-state index in [2.05, 4.69) is 89.9 Å². The third kappa shape index (κ3) is 6.81. The fourth-order valence-corrected chi connectivity index (χ4v) is 10.4. The van der Waals surface area contributed by atoms with Crippen LogP contribution >= 0.6 is 35.3 Å². The third-order valence-electron chi connectivity index (χ3n) is 10.2. The number of hydrogen-bond donors (Lipinski definition) is 2. The number of carbonyl (C=O) groups is 3. The lowest BCUT2D eigenvalue weighted by Crippen LogP contribution is -2.36. The Balaban J connectivity index is 1.14. The molecule has 4 aromatic rings. The molecule has 1 amide bonds. The second-order valence-electron chi connectivity index (χ2n) is 13.6. The highest BCUT2D eigenvalue weighted by Gasteiger charge is 2.42. The molecule has 4 aliphatic rings. The summed E-state index contributed by atoms with van der Waals surface area (Å²) in [6.07, 6.45) is 16.1. The number of hydrogen-bond acceptors (Lipinski definition) is 8. The van der Waals surface area contributed by atoms with E-state index in [0.717, 1.165) is 87.2 Å². The minimum atomic E-state index is -1.24. The van der Waals surface area contributed by atoms with Crippen molar-refractivity contribution in [2.75, 3.05) is 11.4 Å². The lowest BCUT2D eigenvalue weighted by Gasteiger charge is -2.27. The number of thiazole rings is 1. The summed E-state index contributed by atoms with van der Waals surface area (Å²) >= 11 is 7.13. The van der Waals surface area contributed by atoms with Gasteiger partial charge in [0, 0.05) is 23.3 Å². The Morgan fingerprint density at radius 3 is 2.39 bits per heavy atom. The first-order valence-electron chi connectivity index (χ1n) is 17.8. The van der Waals surface area contributed by atoms with Crippen molar-refractivity contribution in [1.82, 2.24) is 9.47 Å². The minimum absolute atomic E-state index is 0.0394. The molecule has 2 unspecified atom stereocenters. The van der Waals surface area contributed by atoms with Crippen molar-refractivity contribution >= 4 is 91.5 Å². The Morgan fingerprint density at radius 1 is 0.907 bits per heavy atom. The first-order valence-corrected chi connectivity index (χ1v) is 19.8. The molecule has 2 N–H and O–H groups in total. The number of carboxylic acids is 2. The van der Waals surface area contributed by atoms with Gasteiger partial charge >= 0.3 is 11.9 Å². The largest absolute Gasteiger partial charge is 0.480 e. The molecule has 2 aliphatic carbocycles. The van der Waals surface area contributed by atoms with Gasteiger partial charge in [0.25, 0.3) is 11.5 Å². The molecule has 1 saturated carbocycles. The number of aliphatic carboxylic acids is 2. The molecule has 0 radical (unpaired) electrons. The zero-order valence-electron chi connectivity index (χ0n) is 29.0. The predicted molar refractivity (Wildman–Crippen MR) is 218 cm³/mol. The summed E-state index contributed by atoms with van der Waals surface area (Å²) in [7, 11) is 0. The molecule has 9 nitrogen and oxygen atoms in total. The van der Waals surface area contributed by atoms with E-state index in [-0.39, 0.29) is 18.4 Å². The van der Waals surface area contributed by atoms with E-state index in [0.29, 0.717) is 12.0 Å². The van der Waals surface area contributed by atoms with Gasteiger partial charge in [-0.15, -0.1) is 11.3 Å². The Kier molecular flexibility index (Phi) is 9.82. The molecule has 272 valence electrons. The van der Waals surface area contributed by atoms with Crippen molar-refractivity contribution in [3.63, 3.8) is 0 Å². The van der Waals surface area contributed by atoms with Crippen LogP contribution in [-0.2, 0) is 20.9 Å². The fourth-order valence-electron chi connectivity index (χ4n) is 7.88. The molecule has 8 rings (SSSR count). The molecule has 2 atom stereocenters. The summed E-state index contributed by atoms with van der Waals surface area (Å²) < 4.78 is 1.50. The van der Waals surface area contributed by atoms with Crippen LogP contribution in [0.5, 0.6) is 0 Å². The van der Waals surface area contributed by atoms with Gasteiger partial charge in [-0.1, -0.05) is 97.2 Å². The molecule has 0 spiro atoms. The molecular weight excluding hydrogens is 739 g/mol. The number of aromatic nitrogens is 1. The van der Waals surface area contributed by atoms with Crippen molar-refractivity contribution in [3.8, 4) is 0 Å². The van der Waals surface area contributed by atoms with E-state index in [1.165, 1.54) is 22.3 Å². The molecule has 54 heavy (non-hydrogen) atoms. The van der Waals surface area contributed by atoms with Crippen LogP contribution in [-0.4, -0.2) is 54.4 Å². The monoisotopic (exact) mass is 773 g/mol. The van der Waals surface area contributed by atoms with E-state index in [9.17, 15) is 29.4 Å². The van der Waals surface area contributed by atoms with Gasteiger partial charge in [0.1, 0.15) is 27.0 Å². The summed E-state index contributed by atoms with van der Waals surface area (Å²) in [5.41, 5.74) is 8.49. The van der Waals surface area contributed by atoms with Crippen LogP contribution in [0, 0.1) is 0 Å². The topological polar surface area (TPSA) is 120 Å². The maximum Gasteiger partial charge on any atom is 0.323 e. The quantitative estimate of drug-likeness (QED) is 0.146. The molecule has 3 heterocycles. The Bertz CT molecular complexity index is 2500. The number of carboxylic acid groups (broad SMARTS) is 2. The molecule has 0 bridgehead atoms. The van der Waals surface area contributed by atoms with Crippen molar-refractivity contribution in [2.45, 2.75) is 50.6 Å². The second-order valence-corrected chi connectivity index (χ2v) is 16.3. The highest BCUT2D eigenvalue weighted by molar-refractivity contribution is 8.30. The van der Waals surface area contributed by atoms with Crippen molar-refractivity contribution in [3.05, 3.63) is 138 Å². The SMILES string of the molecule is O=C(O)CN1C(=O)/C(=c2\s/c(=C\c3ccc4c(c3)C3CCCC3N4c3ccc(/C=C(/C4=CCCC=C4)c4ccccc4)cc3)c(=O)n2CC(=O)O)SC1=S. The lowest BCUT2D eigenvalue weighted by molar-refractivity contribution is -0.140. The van der Waals surface area contributed by atoms with Crippen LogP contribution in [0.4, 0.5) is 11.4 Å². The standard InChI is InChI=1S/C42H35N3O6S3/c46-36(47)23-43-39(50)35(53-41(43)38-40(51)44(24-37(48)49)42(52)54-38)22-26-16-19-34-32(21-26)30-12-7-13-33(30)45(34)29-17-14-25(15-18-29)20-31(27-8-3-1-4-9-27)28-10-5-2-6-11-28/h1,3-5,8-11,14-22,30,33H,2,6-7,12-13,23-24H2,(H,46,47)(H,48,49)/b31-20+,35-22-,41-38+. The zero-order chi connectivity index (χ0) is 37.5. The number of nitrogens with zero attached hydrogens (tertiary/aromatic N) is 3. The Morgan fingerprint density at radius 2 is 1.67 bits per heavy atom. The zero-order valence-corrected chi connectivity index (χ0v) is 31.5. The first-order chi connectivity index (χ1) is 26.2. The Labute approximate surface area is 324 Å². The van der Waals surface area contributed by atoms with Gasteiger partial charge in [-0.25, -0.2) is 0 Å². The van der Waals surface area contributed by atoms with E-state index < -0.39 is 36.5 Å². The van der Waals surface area contributed by atoms with Crippen LogP contribution in [0.15, 0.2) is 101 Å². The number of carbonyl (C=O) groups excluding carboxylic acids is 1. The van der Waals surface area contributed by atoms with Crippen molar-refractivity contribution in [1.29, 1.82) is 0 Å². The van der Waals surface area contributed by atoms with E-state index in [1.807, 2.05) is 12.1 Å². The van der Waals surface area contributed by atoms with Crippen LogP contribution in [0.1, 0.15) is 60.3 Å². The van der Waals surface area contributed by atoms with E-state index in [1.54, 1.807) is 6.08 Å². The van der Waals surface area contributed by atoms with E-state index in [4.69, 9.17) is 12.2 Å². The normalized spacial score (nSPS) is 20.8. The number of anilines is 2. The number of allylic oxidation sites excluding steroid dienone is 5. The number of thioether (sulfide) groups is 1. The van der Waals surface area contributed by atoms with Gasteiger partial charge in [-0.2, -0.15) is 0 Å². The highest BCUT2D eigenvalue weighted by atomic mass is 32.2. The van der Waals surface area contributed by atoms with Gasteiger partial charge in [0.2, 0.25) is 0 Å². The van der Waals surface area contributed by atoms with Crippen LogP contribution < -0.4 is 19.7 Å². The van der Waals surface area contributed by atoms with Gasteiger partial charge in [-0.3, -0.25) is 28.6 Å². The second kappa shape index (κ2) is 14.8. The van der Waals surface area contributed by atoms with Crippen molar-refractivity contribution < 1.29 is 24.6 Å². The van der Waals surface area contributed by atoms with Gasteiger partial charge < -0.3 is 15.1 Å². The van der Waals surface area contributed by atoms with Crippen molar-refractivity contribution in [2.24, 2.45) is 0 Å². The molecular formula is C42H35N3O6S3. The summed E-state index contributed by atoms with van der Waals surface area (Å²) in [4.78, 5) is 53.4. The molecule has 2 aliphatic heterocycles. The summed E-state index contributed by atoms with van der Waals surface area (Å²) in [6, 6.07) is 25.8. The van der Waals surface area contributed by atoms with Crippen LogP contribution in [0.2, 0.25) is 0 Å². The first kappa shape index (κ1) is 35.7. The molecule has 1 saturated heterocycles. The molecule has 12 heteroatoms. The van der Waals surface area contributed by atoms with Crippen LogP contribution in [0.25, 0.3) is 22.6 Å². The average molecular weight is 774 g/mol. The average Bonchev–Trinajstić information content (AvgIpc) is 3.91. The van der Waals surface area contributed by atoms with Gasteiger partial charge in [0.05, 0.1) is 4.53 Å². The Hall–Kier alpha value is -5.30.